The molecule has 0 saturated carbocycles. The Kier molecular flexibility index (Phi) is 5.68. The molecule has 6 nitrogen and oxygen atoms in total. The van der Waals surface area contributed by atoms with Crippen molar-refractivity contribution in [2.45, 2.75) is 12.5 Å². The van der Waals surface area contributed by atoms with E-state index in [0.717, 1.165) is 26.2 Å². The number of para-hydroxylation sites is 1. The highest BCUT2D eigenvalue weighted by Gasteiger charge is 2.55. The van der Waals surface area contributed by atoms with Crippen molar-refractivity contribution in [3.05, 3.63) is 64.7 Å². The van der Waals surface area contributed by atoms with Crippen molar-refractivity contribution in [1.82, 2.24) is 9.80 Å². The van der Waals surface area contributed by atoms with Crippen molar-refractivity contribution >= 4 is 29.0 Å². The van der Waals surface area contributed by atoms with Crippen LogP contribution in [-0.4, -0.2) is 66.5 Å². The zero-order chi connectivity index (χ0) is 21.5. The van der Waals surface area contributed by atoms with Crippen LogP contribution < -0.4 is 4.90 Å². The number of piperazine rings is 1. The number of Topliss-reactive ketones (excluding diaryl/α,β-unsaturated/α-hetero) is 1. The van der Waals surface area contributed by atoms with Gasteiger partial charge in [0.2, 0.25) is 0 Å². The molecule has 1 N–H and O–H groups in total. The van der Waals surface area contributed by atoms with E-state index in [2.05, 4.69) is 16.8 Å². The molecule has 7 heteroatoms. The van der Waals surface area contributed by atoms with Gasteiger partial charge in [0.15, 0.2) is 11.4 Å². The van der Waals surface area contributed by atoms with Crippen molar-refractivity contribution in [2.75, 3.05) is 44.8 Å². The Bertz CT molecular complexity index is 956. The summed E-state index contributed by atoms with van der Waals surface area (Å²) in [6.07, 6.45) is 0. The molecule has 158 valence electrons. The zero-order valence-electron chi connectivity index (χ0n) is 17.2. The molecule has 1 fully saturated rings. The maximum absolute atomic E-state index is 13.5. The Balaban J connectivity index is 1.64. The van der Waals surface area contributed by atoms with Crippen molar-refractivity contribution < 1.29 is 14.7 Å². The summed E-state index contributed by atoms with van der Waals surface area (Å²) in [5.41, 5.74) is -0.332. The Hall–Kier alpha value is -2.25. The number of aliphatic hydroxyl groups is 1. The average molecular weight is 428 g/mol. The highest BCUT2D eigenvalue weighted by atomic mass is 35.5. The third kappa shape index (κ3) is 3.54. The number of halogens is 1. The lowest BCUT2D eigenvalue weighted by molar-refractivity contribution is -0.140. The normalized spacial score (nSPS) is 23.5. The minimum atomic E-state index is -1.90. The number of nitrogens with zero attached hydrogens (tertiary/aromatic N) is 3. The number of likely N-dealkylation sites (N-methyl/N-ethyl adjacent to an activating group) is 1. The fourth-order valence-corrected chi connectivity index (χ4v) is 4.39. The standard InChI is InChI=1S/C23H26ClN3O3/c1-16(21(28)17-7-9-18(24)10-8-17)23(30)19-5-3-4-6-20(19)27(22(23)29)15-26-13-11-25(2)12-14-26/h3-10,16,30H,11-15H2,1-2H3. The van der Waals surface area contributed by atoms with Gasteiger partial charge in [-0.15, -0.1) is 0 Å². The lowest BCUT2D eigenvalue weighted by atomic mass is 9.79. The summed E-state index contributed by atoms with van der Waals surface area (Å²) in [6, 6.07) is 13.7. The maximum Gasteiger partial charge on any atom is 0.265 e. The maximum atomic E-state index is 13.5. The Morgan fingerprint density at radius 3 is 2.40 bits per heavy atom. The summed E-state index contributed by atoms with van der Waals surface area (Å²) < 4.78 is 0. The Morgan fingerprint density at radius 1 is 1.10 bits per heavy atom. The average Bonchev–Trinajstić information content (AvgIpc) is 2.97. The smallest absolute Gasteiger partial charge is 0.265 e. The van der Waals surface area contributed by atoms with Crippen molar-refractivity contribution in [2.24, 2.45) is 5.92 Å². The summed E-state index contributed by atoms with van der Waals surface area (Å²) >= 11 is 5.93. The highest BCUT2D eigenvalue weighted by molar-refractivity contribution is 6.30. The molecule has 2 heterocycles. The van der Waals surface area contributed by atoms with E-state index in [1.165, 1.54) is 0 Å². The Morgan fingerprint density at radius 2 is 1.73 bits per heavy atom. The second-order valence-electron chi connectivity index (χ2n) is 8.17. The van der Waals surface area contributed by atoms with E-state index in [9.17, 15) is 14.7 Å². The monoisotopic (exact) mass is 427 g/mol. The molecular formula is C23H26ClN3O3. The van der Waals surface area contributed by atoms with Gasteiger partial charge >= 0.3 is 0 Å². The molecule has 2 aliphatic rings. The number of fused-ring (bicyclic) bond motifs is 1. The summed E-state index contributed by atoms with van der Waals surface area (Å²) in [7, 11) is 2.08. The minimum absolute atomic E-state index is 0.293. The van der Waals surface area contributed by atoms with Crippen LogP contribution in [0.1, 0.15) is 22.8 Å². The van der Waals surface area contributed by atoms with Crippen LogP contribution in [-0.2, 0) is 10.4 Å². The molecule has 1 saturated heterocycles. The summed E-state index contributed by atoms with van der Waals surface area (Å²) in [5.74, 6) is -1.68. The molecule has 0 aliphatic carbocycles. The van der Waals surface area contributed by atoms with Gasteiger partial charge in [-0.05, 0) is 37.4 Å². The SMILES string of the molecule is CC(C(=O)c1ccc(Cl)cc1)C1(O)C(=O)N(CN2CCN(C)CC2)c2ccccc21. The largest absolute Gasteiger partial charge is 0.375 e. The minimum Gasteiger partial charge on any atom is -0.375 e. The van der Waals surface area contributed by atoms with Crippen molar-refractivity contribution in [1.29, 1.82) is 0 Å². The first-order valence-electron chi connectivity index (χ1n) is 10.2. The summed E-state index contributed by atoms with van der Waals surface area (Å²) in [5, 5.41) is 12.2. The van der Waals surface area contributed by atoms with Crippen LogP contribution in [0.5, 0.6) is 0 Å². The van der Waals surface area contributed by atoms with E-state index in [4.69, 9.17) is 11.6 Å². The predicted octanol–water partition coefficient (Wildman–Crippen LogP) is 2.60. The van der Waals surface area contributed by atoms with Crippen LogP contribution >= 0.6 is 11.6 Å². The zero-order valence-corrected chi connectivity index (χ0v) is 18.0. The molecule has 30 heavy (non-hydrogen) atoms. The molecule has 2 atom stereocenters. The molecule has 0 radical (unpaired) electrons. The molecule has 2 aliphatic heterocycles. The number of ketones is 1. The van der Waals surface area contributed by atoms with Gasteiger partial charge in [0.25, 0.3) is 5.91 Å². The van der Waals surface area contributed by atoms with Gasteiger partial charge in [-0.3, -0.25) is 19.4 Å². The van der Waals surface area contributed by atoms with E-state index in [0.29, 0.717) is 28.5 Å². The molecule has 2 unspecified atom stereocenters. The molecule has 0 aromatic heterocycles. The van der Waals surface area contributed by atoms with Crippen LogP contribution in [0.25, 0.3) is 0 Å². The topological polar surface area (TPSA) is 64.1 Å². The van der Waals surface area contributed by atoms with Crippen LogP contribution in [0.15, 0.2) is 48.5 Å². The van der Waals surface area contributed by atoms with Gasteiger partial charge in [0.05, 0.1) is 18.3 Å². The molecule has 1 amide bonds. The number of benzene rings is 2. The third-order valence-electron chi connectivity index (χ3n) is 6.26. The number of rotatable bonds is 5. The second kappa shape index (κ2) is 8.12. The lowest BCUT2D eigenvalue weighted by Crippen LogP contribution is -2.53. The molecule has 4 rings (SSSR count). The van der Waals surface area contributed by atoms with E-state index in [-0.39, 0.29) is 5.78 Å². The van der Waals surface area contributed by atoms with Gasteiger partial charge < -0.3 is 10.0 Å². The van der Waals surface area contributed by atoms with Gasteiger partial charge in [-0.25, -0.2) is 0 Å². The van der Waals surface area contributed by atoms with E-state index >= 15 is 0 Å². The number of amides is 1. The van der Waals surface area contributed by atoms with E-state index in [1.54, 1.807) is 48.2 Å². The number of hydrogen-bond donors (Lipinski definition) is 1. The fraction of sp³-hybridized carbons (Fsp3) is 0.391. The first-order chi connectivity index (χ1) is 14.3. The van der Waals surface area contributed by atoms with Gasteiger partial charge in [-0.1, -0.05) is 36.7 Å². The fourth-order valence-electron chi connectivity index (χ4n) is 4.26. The predicted molar refractivity (Wildman–Crippen MR) is 117 cm³/mol. The van der Waals surface area contributed by atoms with Crippen molar-refractivity contribution in [3.8, 4) is 0 Å². The second-order valence-corrected chi connectivity index (χ2v) is 8.61. The molecule has 2 aromatic rings. The van der Waals surface area contributed by atoms with Gasteiger partial charge in [-0.2, -0.15) is 0 Å². The summed E-state index contributed by atoms with van der Waals surface area (Å²) in [4.78, 5) is 32.7. The number of carbonyl (C=O) groups is 2. The van der Waals surface area contributed by atoms with E-state index < -0.39 is 17.4 Å². The summed E-state index contributed by atoms with van der Waals surface area (Å²) in [6.45, 7) is 5.57. The number of hydrogen-bond acceptors (Lipinski definition) is 5. The molecule has 0 spiro atoms. The highest BCUT2D eigenvalue weighted by Crippen LogP contribution is 2.45. The number of anilines is 1. The first kappa shape index (κ1) is 21.0. The van der Waals surface area contributed by atoms with Crippen LogP contribution in [0.3, 0.4) is 0 Å². The quantitative estimate of drug-likeness (QED) is 0.743. The van der Waals surface area contributed by atoms with Gasteiger partial charge in [0.1, 0.15) is 0 Å². The molecular weight excluding hydrogens is 402 g/mol. The first-order valence-corrected chi connectivity index (χ1v) is 10.5. The lowest BCUT2D eigenvalue weighted by Gasteiger charge is -2.35. The molecule has 2 aromatic carbocycles. The number of carbonyl (C=O) groups excluding carboxylic acids is 2. The van der Waals surface area contributed by atoms with Crippen molar-refractivity contribution in [3.63, 3.8) is 0 Å². The molecule has 0 bridgehead atoms. The van der Waals surface area contributed by atoms with Gasteiger partial charge in [0, 0.05) is 42.3 Å². The van der Waals surface area contributed by atoms with E-state index in [1.807, 2.05) is 12.1 Å². The Labute approximate surface area is 181 Å². The third-order valence-corrected chi connectivity index (χ3v) is 6.51. The van der Waals surface area contributed by atoms with Crippen LogP contribution in [0.2, 0.25) is 5.02 Å². The van der Waals surface area contributed by atoms with Crippen LogP contribution in [0.4, 0.5) is 5.69 Å². The van der Waals surface area contributed by atoms with Crippen LogP contribution in [0, 0.1) is 5.92 Å².